The first kappa shape index (κ1) is 18.0. The summed E-state index contributed by atoms with van der Waals surface area (Å²) in [6.45, 7) is 0.838. The zero-order chi connectivity index (χ0) is 14.4. The first-order valence-electron chi connectivity index (χ1n) is 7.67. The number of hydrogen-bond acceptors (Lipinski definition) is 2. The van der Waals surface area contributed by atoms with Gasteiger partial charge < -0.3 is 10.8 Å². The minimum Gasteiger partial charge on any atom is -0.481 e. The molecule has 0 aliphatic heterocycles. The summed E-state index contributed by atoms with van der Waals surface area (Å²) in [4.78, 5) is 10.5. The average Bonchev–Trinajstić information content (AvgIpc) is 2.47. The molecule has 1 aliphatic rings. The SMILES string of the molecule is Cl.NC[C@H]1CC[C@H](Cc2ccc(CCC(=O)O)cc2)CC1. The molecule has 0 atom stereocenters. The van der Waals surface area contributed by atoms with Gasteiger partial charge in [0.05, 0.1) is 0 Å². The number of aliphatic carboxylic acids is 1. The summed E-state index contributed by atoms with van der Waals surface area (Å²) in [7, 11) is 0. The third kappa shape index (κ3) is 6.06. The van der Waals surface area contributed by atoms with Crippen LogP contribution in [0.5, 0.6) is 0 Å². The van der Waals surface area contributed by atoms with Crippen LogP contribution in [0.3, 0.4) is 0 Å². The van der Waals surface area contributed by atoms with Gasteiger partial charge in [0.15, 0.2) is 0 Å². The first-order valence-corrected chi connectivity index (χ1v) is 7.67. The van der Waals surface area contributed by atoms with Crippen LogP contribution in [0.4, 0.5) is 0 Å². The summed E-state index contributed by atoms with van der Waals surface area (Å²) < 4.78 is 0. The average molecular weight is 312 g/mol. The molecule has 4 heteroatoms. The van der Waals surface area contributed by atoms with Crippen LogP contribution in [0.2, 0.25) is 0 Å². The Labute approximate surface area is 133 Å². The monoisotopic (exact) mass is 311 g/mol. The second kappa shape index (κ2) is 9.06. The standard InChI is InChI=1S/C17H25NO2.ClH/c18-12-16-7-5-15(6-8-16)11-14-3-1-13(2-4-14)9-10-17(19)20;/h1-4,15-16H,5-12,18H2,(H,19,20);1H/t15-,16-;. The van der Waals surface area contributed by atoms with Gasteiger partial charge in [0.2, 0.25) is 0 Å². The number of nitrogens with two attached hydrogens (primary N) is 1. The zero-order valence-corrected chi connectivity index (χ0v) is 13.3. The molecule has 1 saturated carbocycles. The van der Waals surface area contributed by atoms with Gasteiger partial charge in [0.25, 0.3) is 0 Å². The molecule has 118 valence electrons. The van der Waals surface area contributed by atoms with Gasteiger partial charge in [-0.05, 0) is 68.0 Å². The summed E-state index contributed by atoms with van der Waals surface area (Å²) in [5.74, 6) is 0.804. The molecule has 1 aromatic carbocycles. The fraction of sp³-hybridized carbons (Fsp3) is 0.588. The highest BCUT2D eigenvalue weighted by Crippen LogP contribution is 2.30. The van der Waals surface area contributed by atoms with Gasteiger partial charge >= 0.3 is 5.97 Å². The number of rotatable bonds is 6. The Balaban J connectivity index is 0.00000220. The van der Waals surface area contributed by atoms with E-state index in [4.69, 9.17) is 10.8 Å². The van der Waals surface area contributed by atoms with Crippen molar-refractivity contribution in [3.05, 3.63) is 35.4 Å². The number of benzene rings is 1. The van der Waals surface area contributed by atoms with Crippen molar-refractivity contribution in [3.63, 3.8) is 0 Å². The number of carboxylic acids is 1. The molecule has 0 saturated heterocycles. The van der Waals surface area contributed by atoms with E-state index in [9.17, 15) is 4.79 Å². The predicted octanol–water partition coefficient (Wildman–Crippen LogP) is 3.43. The van der Waals surface area contributed by atoms with E-state index in [2.05, 4.69) is 24.3 Å². The van der Waals surface area contributed by atoms with Crippen molar-refractivity contribution in [2.24, 2.45) is 17.6 Å². The molecule has 1 aliphatic carbocycles. The minimum atomic E-state index is -0.731. The van der Waals surface area contributed by atoms with Crippen molar-refractivity contribution in [2.75, 3.05) is 6.54 Å². The molecule has 0 heterocycles. The third-order valence-electron chi connectivity index (χ3n) is 4.47. The van der Waals surface area contributed by atoms with E-state index in [0.29, 0.717) is 6.42 Å². The maximum absolute atomic E-state index is 10.5. The molecule has 3 nitrogen and oxygen atoms in total. The Hall–Kier alpha value is -1.06. The van der Waals surface area contributed by atoms with E-state index in [1.807, 2.05) is 0 Å². The highest BCUT2D eigenvalue weighted by molar-refractivity contribution is 5.85. The Morgan fingerprint density at radius 2 is 1.57 bits per heavy atom. The summed E-state index contributed by atoms with van der Waals surface area (Å²) >= 11 is 0. The molecule has 3 N–H and O–H groups in total. The largest absolute Gasteiger partial charge is 0.481 e. The lowest BCUT2D eigenvalue weighted by atomic mass is 9.79. The lowest BCUT2D eigenvalue weighted by Gasteiger charge is -2.27. The second-order valence-electron chi connectivity index (χ2n) is 6.04. The first-order chi connectivity index (χ1) is 9.67. The third-order valence-corrected chi connectivity index (χ3v) is 4.47. The normalized spacial score (nSPS) is 21.6. The van der Waals surface area contributed by atoms with E-state index in [-0.39, 0.29) is 18.8 Å². The topological polar surface area (TPSA) is 63.3 Å². The molecule has 1 fully saturated rings. The van der Waals surface area contributed by atoms with Gasteiger partial charge in [0.1, 0.15) is 0 Å². The summed E-state index contributed by atoms with van der Waals surface area (Å²) in [6.07, 6.45) is 7.12. The Kier molecular flexibility index (Phi) is 7.76. The number of halogens is 1. The molecule has 0 amide bonds. The van der Waals surface area contributed by atoms with E-state index < -0.39 is 5.97 Å². The molecule has 0 aromatic heterocycles. The highest BCUT2D eigenvalue weighted by atomic mass is 35.5. The van der Waals surface area contributed by atoms with E-state index >= 15 is 0 Å². The molecule has 1 aromatic rings. The lowest BCUT2D eigenvalue weighted by molar-refractivity contribution is -0.136. The molecule has 2 rings (SSSR count). The maximum atomic E-state index is 10.5. The van der Waals surface area contributed by atoms with E-state index in [0.717, 1.165) is 30.4 Å². The summed E-state index contributed by atoms with van der Waals surface area (Å²) in [5.41, 5.74) is 8.21. The van der Waals surface area contributed by atoms with Gasteiger partial charge in [-0.25, -0.2) is 0 Å². The maximum Gasteiger partial charge on any atom is 0.303 e. The fourth-order valence-electron chi connectivity index (χ4n) is 3.10. The van der Waals surface area contributed by atoms with Crippen LogP contribution in [0, 0.1) is 11.8 Å². The van der Waals surface area contributed by atoms with Crippen LogP contribution < -0.4 is 5.73 Å². The van der Waals surface area contributed by atoms with Crippen molar-refractivity contribution in [2.45, 2.75) is 44.9 Å². The number of aryl methyl sites for hydroxylation is 1. The van der Waals surface area contributed by atoms with Crippen molar-refractivity contribution in [1.82, 2.24) is 0 Å². The lowest BCUT2D eigenvalue weighted by Crippen LogP contribution is -2.22. The van der Waals surface area contributed by atoms with Crippen molar-refractivity contribution >= 4 is 18.4 Å². The van der Waals surface area contributed by atoms with Gasteiger partial charge in [-0.1, -0.05) is 24.3 Å². The van der Waals surface area contributed by atoms with Crippen LogP contribution in [-0.4, -0.2) is 17.6 Å². The Morgan fingerprint density at radius 1 is 1.05 bits per heavy atom. The van der Waals surface area contributed by atoms with Gasteiger partial charge in [0, 0.05) is 6.42 Å². The smallest absolute Gasteiger partial charge is 0.303 e. The second-order valence-corrected chi connectivity index (χ2v) is 6.04. The van der Waals surface area contributed by atoms with Crippen LogP contribution in [0.1, 0.15) is 43.2 Å². The van der Waals surface area contributed by atoms with E-state index in [1.54, 1.807) is 0 Å². The van der Waals surface area contributed by atoms with Crippen LogP contribution >= 0.6 is 12.4 Å². The Bertz CT molecular complexity index is 425. The van der Waals surface area contributed by atoms with Crippen LogP contribution in [0.25, 0.3) is 0 Å². The minimum absolute atomic E-state index is 0. The van der Waals surface area contributed by atoms with Gasteiger partial charge in [-0.15, -0.1) is 12.4 Å². The molecule has 0 bridgehead atoms. The number of carboxylic acid groups (broad SMARTS) is 1. The summed E-state index contributed by atoms with van der Waals surface area (Å²) in [5, 5.41) is 8.68. The van der Waals surface area contributed by atoms with Crippen molar-refractivity contribution in [3.8, 4) is 0 Å². The van der Waals surface area contributed by atoms with Crippen molar-refractivity contribution < 1.29 is 9.90 Å². The highest BCUT2D eigenvalue weighted by Gasteiger charge is 2.20. The van der Waals surface area contributed by atoms with Crippen LogP contribution in [-0.2, 0) is 17.6 Å². The van der Waals surface area contributed by atoms with Gasteiger partial charge in [-0.2, -0.15) is 0 Å². The molecule has 0 spiro atoms. The molecule has 0 radical (unpaired) electrons. The molecular formula is C17H26ClNO2. The summed E-state index contributed by atoms with van der Waals surface area (Å²) in [6, 6.07) is 8.46. The van der Waals surface area contributed by atoms with E-state index in [1.165, 1.54) is 31.2 Å². The Morgan fingerprint density at radius 3 is 2.10 bits per heavy atom. The van der Waals surface area contributed by atoms with Crippen LogP contribution in [0.15, 0.2) is 24.3 Å². The van der Waals surface area contributed by atoms with Gasteiger partial charge in [-0.3, -0.25) is 4.79 Å². The van der Waals surface area contributed by atoms with Crippen molar-refractivity contribution in [1.29, 1.82) is 0 Å². The molecular weight excluding hydrogens is 286 g/mol. The predicted molar refractivity (Wildman–Crippen MR) is 87.9 cm³/mol. The zero-order valence-electron chi connectivity index (χ0n) is 12.5. The molecule has 0 unspecified atom stereocenters. The number of hydrogen-bond donors (Lipinski definition) is 2. The molecule has 21 heavy (non-hydrogen) atoms. The quantitative estimate of drug-likeness (QED) is 0.846. The fourth-order valence-corrected chi connectivity index (χ4v) is 3.10. The number of carbonyl (C=O) groups is 1.